The molecule has 60 heavy (non-hydrogen) atoms. The summed E-state index contributed by atoms with van der Waals surface area (Å²) in [6.45, 7) is 0. The van der Waals surface area contributed by atoms with Crippen molar-refractivity contribution in [2.45, 2.75) is 0 Å². The number of hydrogen-bond donors (Lipinski definition) is 0. The topological polar surface area (TPSA) is 77.8 Å². The fraction of sp³-hybridized carbons (Fsp3) is 0. The van der Waals surface area contributed by atoms with Crippen LogP contribution in [0, 0.1) is 0 Å². The van der Waals surface area contributed by atoms with Crippen LogP contribution in [-0.4, -0.2) is 19.9 Å². The van der Waals surface area contributed by atoms with Gasteiger partial charge in [-0.1, -0.05) is 164 Å². The second kappa shape index (κ2) is 13.7. The fourth-order valence-electron chi connectivity index (χ4n) is 8.46. The number of oxazole rings is 1. The van der Waals surface area contributed by atoms with Gasteiger partial charge in [0, 0.05) is 33.0 Å². The third kappa shape index (κ3) is 5.65. The van der Waals surface area contributed by atoms with E-state index in [4.69, 9.17) is 28.8 Å². The summed E-state index contributed by atoms with van der Waals surface area (Å²) in [5.41, 5.74) is 11.2. The SMILES string of the molecule is c1ccc(-c2nc(-c3ccccc3)nc(-c3ccc(-c4ccc(-c5ccc6c(c5)oc5c6ccc6oc(-c7cccc8ccccc78)nc65)c5ccccc45)cc3)n2)cc1. The van der Waals surface area contributed by atoms with E-state index in [1.54, 1.807) is 0 Å². The molecule has 0 aliphatic carbocycles. The maximum absolute atomic E-state index is 6.65. The average molecular weight is 769 g/mol. The van der Waals surface area contributed by atoms with Crippen molar-refractivity contribution in [3.8, 4) is 67.9 Å². The molecule has 12 aromatic rings. The second-order valence-corrected chi connectivity index (χ2v) is 15.0. The van der Waals surface area contributed by atoms with Crippen LogP contribution in [-0.2, 0) is 0 Å². The molecular formula is C54H32N4O2. The van der Waals surface area contributed by atoms with Crippen LogP contribution in [0.15, 0.2) is 203 Å². The molecule has 9 aromatic carbocycles. The van der Waals surface area contributed by atoms with Crippen molar-refractivity contribution < 1.29 is 8.83 Å². The van der Waals surface area contributed by atoms with E-state index in [0.717, 1.165) is 93.5 Å². The first-order valence-corrected chi connectivity index (χ1v) is 20.0. The molecule has 0 bridgehead atoms. The van der Waals surface area contributed by atoms with Crippen molar-refractivity contribution in [2.24, 2.45) is 0 Å². The number of hydrogen-bond acceptors (Lipinski definition) is 6. The van der Waals surface area contributed by atoms with Gasteiger partial charge in [-0.25, -0.2) is 19.9 Å². The molecule has 0 amide bonds. The van der Waals surface area contributed by atoms with E-state index in [0.29, 0.717) is 28.9 Å². The zero-order valence-electron chi connectivity index (χ0n) is 32.1. The highest BCUT2D eigenvalue weighted by atomic mass is 16.4. The van der Waals surface area contributed by atoms with Crippen LogP contribution in [0.1, 0.15) is 0 Å². The Morgan fingerprint density at radius 3 is 1.52 bits per heavy atom. The van der Waals surface area contributed by atoms with Crippen molar-refractivity contribution in [1.29, 1.82) is 0 Å². The molecule has 0 aliphatic heterocycles. The lowest BCUT2D eigenvalue weighted by molar-refractivity contribution is 0.620. The van der Waals surface area contributed by atoms with E-state index in [1.165, 1.54) is 0 Å². The Morgan fingerprint density at radius 1 is 0.300 bits per heavy atom. The summed E-state index contributed by atoms with van der Waals surface area (Å²) in [6, 6.07) is 66.7. The molecule has 0 saturated carbocycles. The lowest BCUT2D eigenvalue weighted by atomic mass is 9.91. The van der Waals surface area contributed by atoms with Gasteiger partial charge in [-0.05, 0) is 74.1 Å². The second-order valence-electron chi connectivity index (χ2n) is 15.0. The molecule has 0 aliphatic rings. The van der Waals surface area contributed by atoms with Crippen molar-refractivity contribution in [1.82, 2.24) is 19.9 Å². The fourth-order valence-corrected chi connectivity index (χ4v) is 8.46. The minimum absolute atomic E-state index is 0.580. The molecular weight excluding hydrogens is 737 g/mol. The predicted molar refractivity (Wildman–Crippen MR) is 242 cm³/mol. The molecule has 3 aromatic heterocycles. The maximum Gasteiger partial charge on any atom is 0.228 e. The number of nitrogens with zero attached hydrogens (tertiary/aromatic N) is 4. The zero-order valence-corrected chi connectivity index (χ0v) is 32.1. The minimum atomic E-state index is 0.580. The van der Waals surface area contributed by atoms with Crippen LogP contribution in [0.2, 0.25) is 0 Å². The highest BCUT2D eigenvalue weighted by Gasteiger charge is 2.19. The molecule has 3 heterocycles. The normalized spacial score (nSPS) is 11.7. The van der Waals surface area contributed by atoms with E-state index < -0.39 is 0 Å². The van der Waals surface area contributed by atoms with Gasteiger partial charge in [0.1, 0.15) is 5.58 Å². The summed E-state index contributed by atoms with van der Waals surface area (Å²) < 4.78 is 13.0. The Balaban J connectivity index is 0.909. The first-order chi connectivity index (χ1) is 29.7. The van der Waals surface area contributed by atoms with Gasteiger partial charge in [0.25, 0.3) is 0 Å². The molecule has 0 unspecified atom stereocenters. The Morgan fingerprint density at radius 2 is 0.833 bits per heavy atom. The van der Waals surface area contributed by atoms with Crippen molar-refractivity contribution in [3.63, 3.8) is 0 Å². The summed E-state index contributed by atoms with van der Waals surface area (Å²) in [5.74, 6) is 2.49. The van der Waals surface area contributed by atoms with Crippen LogP contribution in [0.25, 0.3) is 122 Å². The van der Waals surface area contributed by atoms with Gasteiger partial charge in [0.05, 0.1) is 0 Å². The Bertz CT molecular complexity index is 3530. The van der Waals surface area contributed by atoms with Crippen LogP contribution in [0.5, 0.6) is 0 Å². The van der Waals surface area contributed by atoms with Gasteiger partial charge in [-0.15, -0.1) is 0 Å². The molecule has 0 N–H and O–H groups in total. The van der Waals surface area contributed by atoms with E-state index in [1.807, 2.05) is 84.9 Å². The highest BCUT2D eigenvalue weighted by molar-refractivity contribution is 6.14. The summed E-state index contributed by atoms with van der Waals surface area (Å²) in [6.07, 6.45) is 0. The molecule has 6 nitrogen and oxygen atoms in total. The van der Waals surface area contributed by atoms with Crippen LogP contribution >= 0.6 is 0 Å². The quantitative estimate of drug-likeness (QED) is 0.168. The predicted octanol–water partition coefficient (Wildman–Crippen LogP) is 14.2. The molecule has 280 valence electrons. The monoisotopic (exact) mass is 768 g/mol. The lowest BCUT2D eigenvalue weighted by Crippen LogP contribution is -2.00. The standard InChI is InChI=1S/C54H32N4O2/c1-3-13-35(14-4-1)51-56-52(36-15-5-2-6-16-36)58-53(57-51)37-24-22-34(23-25-37)40-28-29-41(43-20-10-9-19-42(40)43)38-26-27-44-45-30-31-47-49(50(45)59-48(44)32-38)55-54(60-47)46-21-11-17-33-12-7-8-18-39(33)46/h1-32H. The van der Waals surface area contributed by atoms with Crippen molar-refractivity contribution in [2.75, 3.05) is 0 Å². The van der Waals surface area contributed by atoms with E-state index >= 15 is 0 Å². The summed E-state index contributed by atoms with van der Waals surface area (Å²) >= 11 is 0. The molecule has 0 radical (unpaired) electrons. The molecule has 0 saturated heterocycles. The number of furan rings is 1. The van der Waals surface area contributed by atoms with Crippen LogP contribution < -0.4 is 0 Å². The zero-order chi connectivity index (χ0) is 39.6. The van der Waals surface area contributed by atoms with Gasteiger partial charge in [0.15, 0.2) is 34.2 Å². The van der Waals surface area contributed by atoms with E-state index in [9.17, 15) is 0 Å². The minimum Gasteiger partial charge on any atom is -0.454 e. The summed E-state index contributed by atoms with van der Waals surface area (Å²) in [7, 11) is 0. The largest absolute Gasteiger partial charge is 0.454 e. The van der Waals surface area contributed by atoms with E-state index in [-0.39, 0.29) is 0 Å². The van der Waals surface area contributed by atoms with E-state index in [2.05, 4.69) is 109 Å². The molecule has 0 atom stereocenters. The van der Waals surface area contributed by atoms with Gasteiger partial charge in [0.2, 0.25) is 5.89 Å². The average Bonchev–Trinajstić information content (AvgIpc) is 3.93. The van der Waals surface area contributed by atoms with Gasteiger partial charge in [-0.3, -0.25) is 0 Å². The summed E-state index contributed by atoms with van der Waals surface area (Å²) in [4.78, 5) is 19.7. The Labute approximate surface area is 344 Å². The van der Waals surface area contributed by atoms with Crippen LogP contribution in [0.3, 0.4) is 0 Å². The Kier molecular flexibility index (Phi) is 7.74. The van der Waals surface area contributed by atoms with Crippen molar-refractivity contribution >= 4 is 54.6 Å². The molecule has 0 spiro atoms. The third-order valence-corrected chi connectivity index (χ3v) is 11.4. The third-order valence-electron chi connectivity index (χ3n) is 11.4. The number of fused-ring (bicyclic) bond motifs is 7. The lowest BCUT2D eigenvalue weighted by Gasteiger charge is -2.13. The van der Waals surface area contributed by atoms with Crippen molar-refractivity contribution in [3.05, 3.63) is 194 Å². The first-order valence-electron chi connectivity index (χ1n) is 20.0. The van der Waals surface area contributed by atoms with Gasteiger partial charge in [-0.2, -0.15) is 0 Å². The highest BCUT2D eigenvalue weighted by Crippen LogP contribution is 2.41. The Hall–Kier alpha value is -8.22. The van der Waals surface area contributed by atoms with Gasteiger partial charge >= 0.3 is 0 Å². The first kappa shape index (κ1) is 33.9. The molecule has 12 rings (SSSR count). The smallest absolute Gasteiger partial charge is 0.228 e. The number of benzene rings is 9. The number of rotatable bonds is 6. The summed E-state index contributed by atoms with van der Waals surface area (Å²) in [5, 5.41) is 6.61. The number of aromatic nitrogens is 4. The van der Waals surface area contributed by atoms with Crippen LogP contribution in [0.4, 0.5) is 0 Å². The maximum atomic E-state index is 6.65. The molecule has 6 heteroatoms. The van der Waals surface area contributed by atoms with Gasteiger partial charge < -0.3 is 8.83 Å². The molecule has 0 fully saturated rings.